The number of carboxylic acid groups (broad SMARTS) is 1. The maximum atomic E-state index is 11.9. The van der Waals surface area contributed by atoms with E-state index in [2.05, 4.69) is 12.2 Å². The number of hydrogen-bond acceptors (Lipinski definition) is 3. The van der Waals surface area contributed by atoms with E-state index in [1.165, 1.54) is 89.9 Å². The van der Waals surface area contributed by atoms with Crippen LogP contribution in [0.2, 0.25) is 0 Å². The predicted octanol–water partition coefficient (Wildman–Crippen LogP) is 5.86. The predicted molar refractivity (Wildman–Crippen MR) is 127 cm³/mol. The van der Waals surface area contributed by atoms with E-state index in [0.717, 1.165) is 19.3 Å². The highest BCUT2D eigenvalue weighted by Gasteiger charge is 2.20. The molecule has 0 rings (SSSR count). The van der Waals surface area contributed by atoms with Crippen molar-refractivity contribution >= 4 is 17.8 Å². The van der Waals surface area contributed by atoms with Crippen molar-refractivity contribution in [2.75, 3.05) is 0 Å². The molecule has 0 saturated carbocycles. The minimum Gasteiger partial charge on any atom is -0.480 e. The third-order valence-electron chi connectivity index (χ3n) is 5.82. The van der Waals surface area contributed by atoms with Gasteiger partial charge in [0.2, 0.25) is 11.8 Å². The van der Waals surface area contributed by atoms with E-state index in [0.29, 0.717) is 6.42 Å². The third kappa shape index (κ3) is 21.4. The van der Waals surface area contributed by atoms with Crippen molar-refractivity contribution in [3.63, 3.8) is 0 Å². The number of amides is 2. The zero-order chi connectivity index (χ0) is 23.2. The summed E-state index contributed by atoms with van der Waals surface area (Å²) in [7, 11) is 0. The molecule has 6 heteroatoms. The minimum atomic E-state index is -1.13. The zero-order valence-electron chi connectivity index (χ0n) is 20.0. The maximum Gasteiger partial charge on any atom is 0.326 e. The highest BCUT2D eigenvalue weighted by Crippen LogP contribution is 2.14. The summed E-state index contributed by atoms with van der Waals surface area (Å²) in [6.45, 7) is 2.26. The van der Waals surface area contributed by atoms with Crippen molar-refractivity contribution in [2.24, 2.45) is 5.73 Å². The Morgan fingerprint density at radius 2 is 1.06 bits per heavy atom. The van der Waals surface area contributed by atoms with Crippen LogP contribution in [0.25, 0.3) is 0 Å². The molecule has 6 nitrogen and oxygen atoms in total. The summed E-state index contributed by atoms with van der Waals surface area (Å²) in [6, 6.07) is -1.04. The molecule has 0 bridgehead atoms. The van der Waals surface area contributed by atoms with E-state index in [4.69, 9.17) is 10.8 Å². The van der Waals surface area contributed by atoms with Crippen LogP contribution in [0.1, 0.15) is 135 Å². The Balaban J connectivity index is 3.41. The molecule has 0 spiro atoms. The lowest BCUT2D eigenvalue weighted by Gasteiger charge is -2.13. The summed E-state index contributed by atoms with van der Waals surface area (Å²) in [4.78, 5) is 33.8. The number of carboxylic acids is 1. The lowest BCUT2D eigenvalue weighted by atomic mass is 10.0. The molecule has 0 aromatic carbocycles. The van der Waals surface area contributed by atoms with Gasteiger partial charge in [0.1, 0.15) is 6.04 Å². The summed E-state index contributed by atoms with van der Waals surface area (Å²) in [5, 5.41) is 11.6. The normalized spacial score (nSPS) is 11.9. The van der Waals surface area contributed by atoms with Crippen LogP contribution in [-0.4, -0.2) is 28.9 Å². The maximum absolute atomic E-state index is 11.9. The number of primary amides is 1. The second-order valence-corrected chi connectivity index (χ2v) is 8.87. The fourth-order valence-corrected chi connectivity index (χ4v) is 3.82. The van der Waals surface area contributed by atoms with Crippen LogP contribution in [-0.2, 0) is 14.4 Å². The van der Waals surface area contributed by atoms with Gasteiger partial charge in [-0.15, -0.1) is 0 Å². The highest BCUT2D eigenvalue weighted by atomic mass is 16.4. The number of nitrogens with one attached hydrogen (secondary N) is 1. The van der Waals surface area contributed by atoms with Crippen LogP contribution in [0.5, 0.6) is 0 Å². The van der Waals surface area contributed by atoms with Crippen LogP contribution in [0, 0.1) is 0 Å². The van der Waals surface area contributed by atoms with Crippen molar-refractivity contribution in [3.8, 4) is 0 Å². The van der Waals surface area contributed by atoms with Gasteiger partial charge in [-0.3, -0.25) is 9.59 Å². The van der Waals surface area contributed by atoms with Gasteiger partial charge in [0.25, 0.3) is 0 Å². The summed E-state index contributed by atoms with van der Waals surface area (Å²) < 4.78 is 0. The first-order valence-corrected chi connectivity index (χ1v) is 12.8. The fraction of sp³-hybridized carbons (Fsp3) is 0.880. The molecule has 4 N–H and O–H groups in total. The van der Waals surface area contributed by atoms with Crippen LogP contribution in [0.4, 0.5) is 0 Å². The van der Waals surface area contributed by atoms with Crippen LogP contribution in [0.15, 0.2) is 0 Å². The number of unbranched alkanes of at least 4 members (excludes halogenated alkanes) is 16. The Labute approximate surface area is 190 Å². The van der Waals surface area contributed by atoms with Crippen molar-refractivity contribution < 1.29 is 19.5 Å². The van der Waals surface area contributed by atoms with Crippen molar-refractivity contribution in [2.45, 2.75) is 141 Å². The third-order valence-corrected chi connectivity index (χ3v) is 5.82. The van der Waals surface area contributed by atoms with Gasteiger partial charge in [0.05, 0.1) is 0 Å². The van der Waals surface area contributed by atoms with Gasteiger partial charge in [-0.25, -0.2) is 4.79 Å². The summed E-state index contributed by atoms with van der Waals surface area (Å²) in [6.07, 6.45) is 22.2. The Hall–Kier alpha value is -1.59. The molecule has 0 aliphatic heterocycles. The van der Waals surface area contributed by atoms with Gasteiger partial charge < -0.3 is 16.2 Å². The van der Waals surface area contributed by atoms with Crippen molar-refractivity contribution in [1.82, 2.24) is 5.32 Å². The van der Waals surface area contributed by atoms with Crippen molar-refractivity contribution in [1.29, 1.82) is 0 Å². The first kappa shape index (κ1) is 29.4. The Morgan fingerprint density at radius 1 is 0.677 bits per heavy atom. The lowest BCUT2D eigenvalue weighted by Crippen LogP contribution is -2.41. The van der Waals surface area contributed by atoms with Crippen LogP contribution < -0.4 is 11.1 Å². The first-order chi connectivity index (χ1) is 15.0. The summed E-state index contributed by atoms with van der Waals surface area (Å²) >= 11 is 0. The molecule has 31 heavy (non-hydrogen) atoms. The molecule has 0 heterocycles. The SMILES string of the molecule is CCCCCCCCCCCCCCCCCCCC(=O)NC(CCC(N)=O)C(=O)O. The molecule has 0 aromatic rings. The second kappa shape index (κ2) is 21.6. The number of carbonyl (C=O) groups is 3. The molecule has 1 unspecified atom stereocenters. The standard InChI is InChI=1S/C25H48N2O4/c1-2-3-4-5-6-7-8-9-10-11-12-13-14-15-16-17-18-19-24(29)27-22(25(30)31)20-21-23(26)28/h22H,2-21H2,1H3,(H2,26,28)(H,27,29)(H,30,31). The molecule has 0 radical (unpaired) electrons. The number of hydrogen-bond donors (Lipinski definition) is 3. The van der Waals surface area contributed by atoms with E-state index in [1.54, 1.807) is 0 Å². The van der Waals surface area contributed by atoms with E-state index in [1.807, 2.05) is 0 Å². The Morgan fingerprint density at radius 3 is 1.42 bits per heavy atom. The molecule has 0 aliphatic carbocycles. The molecular formula is C25H48N2O4. The molecule has 0 aliphatic rings. The molecule has 0 aromatic heterocycles. The van der Waals surface area contributed by atoms with Gasteiger partial charge >= 0.3 is 5.97 Å². The zero-order valence-corrected chi connectivity index (χ0v) is 20.0. The smallest absolute Gasteiger partial charge is 0.326 e. The van der Waals surface area contributed by atoms with Gasteiger partial charge in [-0.05, 0) is 12.8 Å². The Kier molecular flexibility index (Phi) is 20.5. The van der Waals surface area contributed by atoms with E-state index in [9.17, 15) is 14.4 Å². The number of carbonyl (C=O) groups excluding carboxylic acids is 2. The quantitative estimate of drug-likeness (QED) is 0.173. The fourth-order valence-electron chi connectivity index (χ4n) is 3.82. The van der Waals surface area contributed by atoms with Gasteiger partial charge in [-0.2, -0.15) is 0 Å². The summed E-state index contributed by atoms with van der Waals surface area (Å²) in [5.41, 5.74) is 5.03. The lowest BCUT2D eigenvalue weighted by molar-refractivity contribution is -0.142. The molecule has 1 atom stereocenters. The number of rotatable bonds is 23. The number of aliphatic carboxylic acids is 1. The molecule has 2 amide bonds. The summed E-state index contributed by atoms with van der Waals surface area (Å²) in [5.74, 6) is -1.96. The van der Waals surface area contributed by atoms with Crippen molar-refractivity contribution in [3.05, 3.63) is 0 Å². The molecular weight excluding hydrogens is 392 g/mol. The van der Waals surface area contributed by atoms with Gasteiger partial charge in [0.15, 0.2) is 0 Å². The van der Waals surface area contributed by atoms with E-state index < -0.39 is 17.9 Å². The Bertz CT molecular complexity index is 468. The minimum absolute atomic E-state index is 0.0372. The average Bonchev–Trinajstić information content (AvgIpc) is 2.73. The van der Waals surface area contributed by atoms with Gasteiger partial charge in [0, 0.05) is 12.8 Å². The second-order valence-electron chi connectivity index (χ2n) is 8.87. The number of nitrogens with two attached hydrogens (primary N) is 1. The van der Waals surface area contributed by atoms with Crippen LogP contribution in [0.3, 0.4) is 0 Å². The largest absolute Gasteiger partial charge is 0.480 e. The molecule has 182 valence electrons. The monoisotopic (exact) mass is 440 g/mol. The van der Waals surface area contributed by atoms with Crippen LogP contribution >= 0.6 is 0 Å². The average molecular weight is 441 g/mol. The van der Waals surface area contributed by atoms with E-state index >= 15 is 0 Å². The highest BCUT2D eigenvalue weighted by molar-refractivity contribution is 5.84. The van der Waals surface area contributed by atoms with Gasteiger partial charge in [-0.1, -0.05) is 110 Å². The molecule has 0 fully saturated rings. The topological polar surface area (TPSA) is 109 Å². The first-order valence-electron chi connectivity index (χ1n) is 12.8. The molecule has 0 saturated heterocycles. The van der Waals surface area contributed by atoms with E-state index in [-0.39, 0.29) is 18.7 Å².